The number of hydrogen-bond acceptors (Lipinski definition) is 3. The lowest BCUT2D eigenvalue weighted by Gasteiger charge is -2.08. The van der Waals surface area contributed by atoms with Gasteiger partial charge in [-0.3, -0.25) is 4.79 Å². The predicted octanol–water partition coefficient (Wildman–Crippen LogP) is 3.68. The lowest BCUT2D eigenvalue weighted by Crippen LogP contribution is -2.04. The lowest BCUT2D eigenvalue weighted by molar-refractivity contribution is 0.0993. The number of halogens is 1. The smallest absolute Gasteiger partial charge is 0.169 e. The molecule has 0 spiro atoms. The topological polar surface area (TPSA) is 51.3 Å². The van der Waals surface area contributed by atoms with Crippen molar-refractivity contribution < 1.29 is 18.7 Å². The van der Waals surface area contributed by atoms with Crippen LogP contribution in [0.2, 0.25) is 0 Å². The molecule has 1 N–H and O–H groups in total. The number of Topliss-reactive ketones (excluding diaryl/α,β-unsaturated/α-hetero) is 1. The fourth-order valence-corrected chi connectivity index (χ4v) is 3.25. The molecule has 0 fully saturated rings. The van der Waals surface area contributed by atoms with Crippen molar-refractivity contribution in [1.29, 1.82) is 0 Å². The van der Waals surface area contributed by atoms with E-state index in [1.807, 2.05) is 12.1 Å². The number of H-pyrrole nitrogens is 1. The van der Waals surface area contributed by atoms with Crippen LogP contribution >= 0.6 is 0 Å². The second-order valence-electron chi connectivity index (χ2n) is 5.82. The van der Waals surface area contributed by atoms with Crippen molar-refractivity contribution in [3.05, 3.63) is 59.0 Å². The van der Waals surface area contributed by atoms with Gasteiger partial charge < -0.3 is 14.5 Å². The summed E-state index contributed by atoms with van der Waals surface area (Å²) in [5, 5.41) is 0.894. The third kappa shape index (κ3) is 2.33. The van der Waals surface area contributed by atoms with E-state index < -0.39 is 0 Å². The van der Waals surface area contributed by atoms with Gasteiger partial charge in [-0.15, -0.1) is 0 Å². The highest BCUT2D eigenvalue weighted by Crippen LogP contribution is 2.34. The first-order valence-electron chi connectivity index (χ1n) is 7.79. The summed E-state index contributed by atoms with van der Waals surface area (Å²) in [5.41, 5.74) is 3.37. The second kappa shape index (κ2) is 5.67. The number of carbonyl (C=O) groups is 1. The van der Waals surface area contributed by atoms with Crippen LogP contribution in [0.5, 0.6) is 11.5 Å². The van der Waals surface area contributed by atoms with E-state index >= 15 is 0 Å². The number of benzene rings is 2. The SMILES string of the molecule is COc1cc(F)ccc1CC(=O)c1c[nH]c2c3c(ccc12)OCC3. The van der Waals surface area contributed by atoms with Crippen molar-refractivity contribution in [2.24, 2.45) is 0 Å². The molecule has 0 radical (unpaired) electrons. The van der Waals surface area contributed by atoms with Gasteiger partial charge in [0.15, 0.2) is 5.78 Å². The van der Waals surface area contributed by atoms with Gasteiger partial charge in [-0.1, -0.05) is 6.07 Å². The molecule has 0 aliphatic carbocycles. The zero-order chi connectivity index (χ0) is 16.7. The maximum Gasteiger partial charge on any atom is 0.169 e. The van der Waals surface area contributed by atoms with Crippen molar-refractivity contribution in [1.82, 2.24) is 4.98 Å². The van der Waals surface area contributed by atoms with Gasteiger partial charge in [0.05, 0.1) is 19.2 Å². The molecule has 0 amide bonds. The molecule has 1 aliphatic rings. The summed E-state index contributed by atoms with van der Waals surface area (Å²) in [6.45, 7) is 0.670. The van der Waals surface area contributed by atoms with Crippen LogP contribution in [0.25, 0.3) is 10.9 Å². The van der Waals surface area contributed by atoms with E-state index in [4.69, 9.17) is 9.47 Å². The van der Waals surface area contributed by atoms with Crippen LogP contribution in [0.3, 0.4) is 0 Å². The normalized spacial score (nSPS) is 12.9. The Bertz CT molecular complexity index is 945. The van der Waals surface area contributed by atoms with Gasteiger partial charge in [-0.25, -0.2) is 4.39 Å². The number of ketones is 1. The molecular formula is C19H16FNO3. The Kier molecular flexibility index (Phi) is 3.49. The van der Waals surface area contributed by atoms with Crippen LogP contribution < -0.4 is 9.47 Å². The molecule has 0 unspecified atom stereocenters. The summed E-state index contributed by atoms with van der Waals surface area (Å²) in [5.74, 6) is 0.844. The van der Waals surface area contributed by atoms with Crippen molar-refractivity contribution in [2.45, 2.75) is 12.8 Å². The highest BCUT2D eigenvalue weighted by atomic mass is 19.1. The molecule has 4 rings (SSSR count). The van der Waals surface area contributed by atoms with E-state index in [9.17, 15) is 9.18 Å². The molecule has 1 aromatic heterocycles. The molecule has 3 aromatic rings. The van der Waals surface area contributed by atoms with Crippen LogP contribution in [-0.4, -0.2) is 24.5 Å². The first kappa shape index (κ1) is 14.8. The van der Waals surface area contributed by atoms with Gasteiger partial charge in [0.2, 0.25) is 0 Å². The van der Waals surface area contributed by atoms with Gasteiger partial charge in [-0.2, -0.15) is 0 Å². The Morgan fingerprint density at radius 1 is 1.33 bits per heavy atom. The Balaban J connectivity index is 1.70. The van der Waals surface area contributed by atoms with E-state index in [1.165, 1.54) is 19.2 Å². The Hall–Kier alpha value is -2.82. The fraction of sp³-hybridized carbons (Fsp3) is 0.211. The first-order chi connectivity index (χ1) is 11.7. The number of carbonyl (C=O) groups excluding carboxylic acids is 1. The monoisotopic (exact) mass is 325 g/mol. The fourth-order valence-electron chi connectivity index (χ4n) is 3.25. The number of aromatic nitrogens is 1. The molecule has 122 valence electrons. The van der Waals surface area contributed by atoms with E-state index in [0.29, 0.717) is 23.5 Å². The van der Waals surface area contributed by atoms with Crippen molar-refractivity contribution in [3.63, 3.8) is 0 Å². The van der Waals surface area contributed by atoms with E-state index in [1.54, 1.807) is 12.3 Å². The summed E-state index contributed by atoms with van der Waals surface area (Å²) in [7, 11) is 1.47. The summed E-state index contributed by atoms with van der Waals surface area (Å²) in [6.07, 6.45) is 2.73. The molecule has 4 nitrogen and oxygen atoms in total. The Labute approximate surface area is 138 Å². The summed E-state index contributed by atoms with van der Waals surface area (Å²) < 4.78 is 24.0. The zero-order valence-corrected chi connectivity index (χ0v) is 13.2. The van der Waals surface area contributed by atoms with Gasteiger partial charge in [0.25, 0.3) is 0 Å². The maximum atomic E-state index is 13.3. The third-order valence-corrected chi connectivity index (χ3v) is 4.43. The molecule has 0 bridgehead atoms. The van der Waals surface area contributed by atoms with Gasteiger partial charge in [0, 0.05) is 47.2 Å². The minimum absolute atomic E-state index is 0.0370. The van der Waals surface area contributed by atoms with E-state index in [0.717, 1.165) is 28.6 Å². The number of rotatable bonds is 4. The first-order valence-corrected chi connectivity index (χ1v) is 7.79. The van der Waals surface area contributed by atoms with Gasteiger partial charge in [0.1, 0.15) is 17.3 Å². The molecule has 0 atom stereocenters. The standard InChI is InChI=1S/C19H16FNO3/c1-23-18-9-12(20)3-2-11(18)8-16(22)15-10-21-19-13(15)4-5-17-14(19)6-7-24-17/h2-5,9-10,21H,6-8H2,1H3. The third-order valence-electron chi connectivity index (χ3n) is 4.43. The van der Waals surface area contributed by atoms with Crippen LogP contribution in [0.1, 0.15) is 21.5 Å². The Morgan fingerprint density at radius 2 is 2.21 bits per heavy atom. The minimum Gasteiger partial charge on any atom is -0.496 e. The maximum absolute atomic E-state index is 13.3. The van der Waals surface area contributed by atoms with Crippen LogP contribution in [0, 0.1) is 5.82 Å². The number of aromatic amines is 1. The van der Waals surface area contributed by atoms with Crippen molar-refractivity contribution in [2.75, 3.05) is 13.7 Å². The number of ether oxygens (including phenoxy) is 2. The zero-order valence-electron chi connectivity index (χ0n) is 13.2. The quantitative estimate of drug-likeness (QED) is 0.745. The van der Waals surface area contributed by atoms with Crippen molar-refractivity contribution >= 4 is 16.7 Å². The lowest BCUT2D eigenvalue weighted by atomic mass is 10.00. The second-order valence-corrected chi connectivity index (χ2v) is 5.82. The minimum atomic E-state index is -0.384. The molecule has 24 heavy (non-hydrogen) atoms. The molecule has 5 heteroatoms. The molecule has 2 aromatic carbocycles. The molecule has 1 aliphatic heterocycles. The predicted molar refractivity (Wildman–Crippen MR) is 88.5 cm³/mol. The summed E-state index contributed by atoms with van der Waals surface area (Å²) >= 11 is 0. The average Bonchev–Trinajstić information content (AvgIpc) is 3.21. The molecule has 0 saturated carbocycles. The number of fused-ring (bicyclic) bond motifs is 3. The van der Waals surface area contributed by atoms with Crippen LogP contribution in [0.15, 0.2) is 36.5 Å². The van der Waals surface area contributed by atoms with Crippen LogP contribution in [0.4, 0.5) is 4.39 Å². The average molecular weight is 325 g/mol. The largest absolute Gasteiger partial charge is 0.496 e. The van der Waals surface area contributed by atoms with Crippen molar-refractivity contribution in [3.8, 4) is 11.5 Å². The summed E-state index contributed by atoms with van der Waals surface area (Å²) in [6, 6.07) is 8.04. The Morgan fingerprint density at radius 3 is 3.04 bits per heavy atom. The van der Waals surface area contributed by atoms with E-state index in [-0.39, 0.29) is 18.0 Å². The van der Waals surface area contributed by atoms with Gasteiger partial charge in [-0.05, 0) is 18.2 Å². The van der Waals surface area contributed by atoms with Crippen LogP contribution in [-0.2, 0) is 12.8 Å². The molecule has 0 saturated heterocycles. The highest BCUT2D eigenvalue weighted by Gasteiger charge is 2.21. The number of nitrogens with one attached hydrogen (secondary N) is 1. The molecular weight excluding hydrogens is 309 g/mol. The van der Waals surface area contributed by atoms with Gasteiger partial charge >= 0.3 is 0 Å². The highest BCUT2D eigenvalue weighted by molar-refractivity contribution is 6.09. The molecule has 2 heterocycles. The van der Waals surface area contributed by atoms with E-state index in [2.05, 4.69) is 4.98 Å². The number of hydrogen-bond donors (Lipinski definition) is 1. The summed E-state index contributed by atoms with van der Waals surface area (Å²) in [4.78, 5) is 15.9. The number of methoxy groups -OCH3 is 1.